The van der Waals surface area contributed by atoms with Crippen LogP contribution >= 0.6 is 0 Å². The number of amides is 1. The van der Waals surface area contributed by atoms with Gasteiger partial charge in [0.2, 0.25) is 5.91 Å². The lowest BCUT2D eigenvalue weighted by molar-refractivity contribution is -0.125. The Morgan fingerprint density at radius 1 is 1.60 bits per heavy atom. The van der Waals surface area contributed by atoms with E-state index in [1.807, 2.05) is 0 Å². The molecular weight excluding hydrogens is 192 g/mol. The fourth-order valence-electron chi connectivity index (χ4n) is 2.02. The van der Waals surface area contributed by atoms with Crippen molar-refractivity contribution >= 4 is 5.91 Å². The Morgan fingerprint density at radius 2 is 2.33 bits per heavy atom. The van der Waals surface area contributed by atoms with Crippen LogP contribution in [-0.2, 0) is 9.53 Å². The molecule has 0 bridgehead atoms. The molecule has 2 N–H and O–H groups in total. The number of methoxy groups -OCH3 is 1. The van der Waals surface area contributed by atoms with E-state index in [2.05, 4.69) is 24.5 Å². The van der Waals surface area contributed by atoms with Gasteiger partial charge in [-0.05, 0) is 24.8 Å². The number of carbonyl (C=O) groups excluding carboxylic acids is 1. The molecule has 1 amide bonds. The summed E-state index contributed by atoms with van der Waals surface area (Å²) in [7, 11) is 1.53. The van der Waals surface area contributed by atoms with Crippen molar-refractivity contribution in [1.29, 1.82) is 0 Å². The molecule has 15 heavy (non-hydrogen) atoms. The Hall–Kier alpha value is -0.610. The molecule has 88 valence electrons. The quantitative estimate of drug-likeness (QED) is 0.717. The van der Waals surface area contributed by atoms with Crippen molar-refractivity contribution in [3.8, 4) is 0 Å². The number of hydrogen-bond acceptors (Lipinski definition) is 3. The molecule has 1 unspecified atom stereocenters. The molecule has 1 heterocycles. The van der Waals surface area contributed by atoms with Crippen LogP contribution in [0.5, 0.6) is 0 Å². The topological polar surface area (TPSA) is 50.4 Å². The Bertz CT molecular complexity index is 217. The van der Waals surface area contributed by atoms with Gasteiger partial charge in [0.15, 0.2) is 0 Å². The molecule has 0 aliphatic carbocycles. The second-order valence-corrected chi connectivity index (χ2v) is 4.84. The third-order valence-electron chi connectivity index (χ3n) is 3.11. The zero-order valence-corrected chi connectivity index (χ0v) is 9.93. The van der Waals surface area contributed by atoms with E-state index in [1.54, 1.807) is 0 Å². The minimum Gasteiger partial charge on any atom is -0.375 e. The molecule has 4 heteroatoms. The molecule has 1 rings (SSSR count). The van der Waals surface area contributed by atoms with Crippen LogP contribution in [0.25, 0.3) is 0 Å². The summed E-state index contributed by atoms with van der Waals surface area (Å²) in [5, 5.41) is 6.33. The summed E-state index contributed by atoms with van der Waals surface area (Å²) in [6.45, 7) is 6.37. The lowest BCUT2D eigenvalue weighted by Gasteiger charge is -2.39. The van der Waals surface area contributed by atoms with E-state index in [4.69, 9.17) is 4.74 Å². The minimum absolute atomic E-state index is 0.0410. The van der Waals surface area contributed by atoms with E-state index >= 15 is 0 Å². The average molecular weight is 214 g/mol. The molecule has 0 spiro atoms. The molecule has 0 aromatic rings. The summed E-state index contributed by atoms with van der Waals surface area (Å²) in [4.78, 5) is 11.2. The van der Waals surface area contributed by atoms with Gasteiger partial charge in [0.05, 0.1) is 0 Å². The summed E-state index contributed by atoms with van der Waals surface area (Å²) in [5.41, 5.74) is 0.263. The SMILES string of the molecule is COCC(=O)NCC1NCCCC1(C)C. The molecule has 0 radical (unpaired) electrons. The molecule has 1 atom stereocenters. The van der Waals surface area contributed by atoms with Crippen molar-refractivity contribution < 1.29 is 9.53 Å². The number of carbonyl (C=O) groups is 1. The van der Waals surface area contributed by atoms with E-state index in [1.165, 1.54) is 20.0 Å². The van der Waals surface area contributed by atoms with Gasteiger partial charge >= 0.3 is 0 Å². The van der Waals surface area contributed by atoms with Crippen LogP contribution in [0.1, 0.15) is 26.7 Å². The minimum atomic E-state index is -0.0410. The van der Waals surface area contributed by atoms with Gasteiger partial charge in [-0.25, -0.2) is 0 Å². The number of ether oxygens (including phenoxy) is 1. The van der Waals surface area contributed by atoms with E-state index in [-0.39, 0.29) is 17.9 Å². The second-order valence-electron chi connectivity index (χ2n) is 4.84. The number of nitrogens with one attached hydrogen (secondary N) is 2. The third-order valence-corrected chi connectivity index (χ3v) is 3.11. The first-order chi connectivity index (χ1) is 7.06. The van der Waals surface area contributed by atoms with Crippen molar-refractivity contribution in [1.82, 2.24) is 10.6 Å². The highest BCUT2D eigenvalue weighted by Crippen LogP contribution is 2.29. The zero-order chi connectivity index (χ0) is 11.3. The van der Waals surface area contributed by atoms with Crippen LogP contribution in [0.4, 0.5) is 0 Å². The van der Waals surface area contributed by atoms with Gasteiger partial charge in [0.1, 0.15) is 6.61 Å². The molecule has 4 nitrogen and oxygen atoms in total. The summed E-state index contributed by atoms with van der Waals surface area (Å²) >= 11 is 0. The van der Waals surface area contributed by atoms with Crippen molar-refractivity contribution in [2.75, 3.05) is 26.8 Å². The van der Waals surface area contributed by atoms with E-state index in [0.717, 1.165) is 6.54 Å². The lowest BCUT2D eigenvalue weighted by Crippen LogP contribution is -2.53. The van der Waals surface area contributed by atoms with Gasteiger partial charge in [-0.3, -0.25) is 4.79 Å². The molecule has 0 aromatic carbocycles. The van der Waals surface area contributed by atoms with Crippen LogP contribution in [0, 0.1) is 5.41 Å². The van der Waals surface area contributed by atoms with Crippen LogP contribution in [0.3, 0.4) is 0 Å². The van der Waals surface area contributed by atoms with Gasteiger partial charge in [-0.15, -0.1) is 0 Å². The van der Waals surface area contributed by atoms with Crippen molar-refractivity contribution in [2.45, 2.75) is 32.7 Å². The molecule has 1 fully saturated rings. The van der Waals surface area contributed by atoms with E-state index in [9.17, 15) is 4.79 Å². The summed E-state index contributed by atoms with van der Waals surface area (Å²) in [5.74, 6) is -0.0410. The maximum absolute atomic E-state index is 11.2. The monoisotopic (exact) mass is 214 g/mol. The van der Waals surface area contributed by atoms with Crippen molar-refractivity contribution in [3.05, 3.63) is 0 Å². The van der Waals surface area contributed by atoms with Gasteiger partial charge in [-0.2, -0.15) is 0 Å². The van der Waals surface area contributed by atoms with Crippen LogP contribution in [0.2, 0.25) is 0 Å². The van der Waals surface area contributed by atoms with Gasteiger partial charge < -0.3 is 15.4 Å². The standard InChI is InChI=1S/C11H22N2O2/c1-11(2)5-4-6-12-9(11)7-13-10(14)8-15-3/h9,12H,4-8H2,1-3H3,(H,13,14). The fraction of sp³-hybridized carbons (Fsp3) is 0.909. The maximum Gasteiger partial charge on any atom is 0.246 e. The van der Waals surface area contributed by atoms with Crippen LogP contribution in [-0.4, -0.2) is 38.8 Å². The van der Waals surface area contributed by atoms with Crippen molar-refractivity contribution in [3.63, 3.8) is 0 Å². The van der Waals surface area contributed by atoms with Crippen LogP contribution in [0.15, 0.2) is 0 Å². The predicted molar refractivity (Wildman–Crippen MR) is 59.7 cm³/mol. The number of hydrogen-bond donors (Lipinski definition) is 2. The highest BCUT2D eigenvalue weighted by Gasteiger charge is 2.31. The molecular formula is C11H22N2O2. The second kappa shape index (κ2) is 5.47. The Kier molecular flexibility index (Phi) is 4.54. The largest absolute Gasteiger partial charge is 0.375 e. The highest BCUT2D eigenvalue weighted by atomic mass is 16.5. The summed E-state index contributed by atoms with van der Waals surface area (Å²) < 4.78 is 4.76. The lowest BCUT2D eigenvalue weighted by atomic mass is 9.77. The number of piperidine rings is 1. The number of rotatable bonds is 4. The van der Waals surface area contributed by atoms with Crippen LogP contribution < -0.4 is 10.6 Å². The first-order valence-corrected chi connectivity index (χ1v) is 5.55. The maximum atomic E-state index is 11.2. The molecule has 0 aromatic heterocycles. The third kappa shape index (κ3) is 3.80. The van der Waals surface area contributed by atoms with Crippen molar-refractivity contribution in [2.24, 2.45) is 5.41 Å². The van der Waals surface area contributed by atoms with Gasteiger partial charge in [0.25, 0.3) is 0 Å². The predicted octanol–water partition coefficient (Wildman–Crippen LogP) is 0.527. The summed E-state index contributed by atoms with van der Waals surface area (Å²) in [6.07, 6.45) is 2.43. The first kappa shape index (κ1) is 12.5. The average Bonchev–Trinajstić information content (AvgIpc) is 2.16. The molecule has 1 aliphatic heterocycles. The normalized spacial score (nSPS) is 24.9. The Balaban J connectivity index is 2.33. The first-order valence-electron chi connectivity index (χ1n) is 5.55. The van der Waals surface area contributed by atoms with E-state index < -0.39 is 0 Å². The summed E-state index contributed by atoms with van der Waals surface area (Å²) in [6, 6.07) is 0.368. The Morgan fingerprint density at radius 3 is 2.93 bits per heavy atom. The fourth-order valence-corrected chi connectivity index (χ4v) is 2.02. The van der Waals surface area contributed by atoms with Gasteiger partial charge in [0, 0.05) is 19.7 Å². The smallest absolute Gasteiger partial charge is 0.246 e. The van der Waals surface area contributed by atoms with Gasteiger partial charge in [-0.1, -0.05) is 13.8 Å². The molecule has 1 saturated heterocycles. The van der Waals surface area contributed by atoms with E-state index in [0.29, 0.717) is 12.6 Å². The molecule has 1 aliphatic rings. The molecule has 0 saturated carbocycles. The zero-order valence-electron chi connectivity index (χ0n) is 9.93. The highest BCUT2D eigenvalue weighted by molar-refractivity contribution is 5.77. The Labute approximate surface area is 91.8 Å².